The van der Waals surface area contributed by atoms with Crippen LogP contribution >= 0.6 is 0 Å². The summed E-state index contributed by atoms with van der Waals surface area (Å²) in [6, 6.07) is 8.28. The van der Waals surface area contributed by atoms with E-state index in [-0.39, 0.29) is 0 Å². The van der Waals surface area contributed by atoms with Crippen molar-refractivity contribution in [2.75, 3.05) is 40.3 Å². The van der Waals surface area contributed by atoms with Crippen LogP contribution in [0.4, 0.5) is 0 Å². The number of nitrogens with zero attached hydrogens (tertiary/aromatic N) is 2. The molecule has 2 atom stereocenters. The van der Waals surface area contributed by atoms with Crippen molar-refractivity contribution in [2.24, 2.45) is 0 Å². The maximum Gasteiger partial charge on any atom is 0.119 e. The SMILES string of the molecule is C[C@H]1CN(CCOc2ccc(CNN(C)C)cc2)C[C@H](C)O1. The molecule has 1 fully saturated rings. The molecule has 0 radical (unpaired) electrons. The van der Waals surface area contributed by atoms with E-state index in [2.05, 4.69) is 36.3 Å². The molecule has 0 aliphatic carbocycles. The predicted molar refractivity (Wildman–Crippen MR) is 88.9 cm³/mol. The lowest BCUT2D eigenvalue weighted by atomic mass is 10.2. The molecule has 0 unspecified atom stereocenters. The van der Waals surface area contributed by atoms with Gasteiger partial charge in [0, 0.05) is 40.3 Å². The van der Waals surface area contributed by atoms with Gasteiger partial charge >= 0.3 is 0 Å². The summed E-state index contributed by atoms with van der Waals surface area (Å²) in [5.41, 5.74) is 4.50. The summed E-state index contributed by atoms with van der Waals surface area (Å²) in [5.74, 6) is 0.933. The number of benzene rings is 1. The molecule has 5 nitrogen and oxygen atoms in total. The summed E-state index contributed by atoms with van der Waals surface area (Å²) in [4.78, 5) is 2.41. The van der Waals surface area contributed by atoms with E-state index in [1.165, 1.54) is 5.56 Å². The molecular weight excluding hydrogens is 278 g/mol. The first-order valence-electron chi connectivity index (χ1n) is 8.03. The highest BCUT2D eigenvalue weighted by molar-refractivity contribution is 5.27. The number of hydrogen-bond acceptors (Lipinski definition) is 5. The lowest BCUT2D eigenvalue weighted by Crippen LogP contribution is -2.46. The summed E-state index contributed by atoms with van der Waals surface area (Å²) < 4.78 is 11.6. The van der Waals surface area contributed by atoms with E-state index in [0.29, 0.717) is 18.8 Å². The third-order valence-electron chi connectivity index (χ3n) is 3.69. The van der Waals surface area contributed by atoms with E-state index in [4.69, 9.17) is 9.47 Å². The van der Waals surface area contributed by atoms with Gasteiger partial charge in [0.15, 0.2) is 0 Å². The molecule has 2 rings (SSSR count). The topological polar surface area (TPSA) is 37.0 Å². The molecule has 0 spiro atoms. The van der Waals surface area contributed by atoms with Crippen molar-refractivity contribution >= 4 is 0 Å². The maximum atomic E-state index is 5.85. The van der Waals surface area contributed by atoms with E-state index >= 15 is 0 Å². The van der Waals surface area contributed by atoms with Gasteiger partial charge in [-0.3, -0.25) is 15.3 Å². The molecule has 1 heterocycles. The number of hydrazine groups is 1. The minimum atomic E-state index is 0.312. The van der Waals surface area contributed by atoms with Gasteiger partial charge in [-0.15, -0.1) is 0 Å². The largest absolute Gasteiger partial charge is 0.492 e. The molecule has 1 aromatic rings. The Bertz CT molecular complexity index is 426. The van der Waals surface area contributed by atoms with Crippen LogP contribution in [0.3, 0.4) is 0 Å². The molecule has 5 heteroatoms. The quantitative estimate of drug-likeness (QED) is 0.777. The Labute approximate surface area is 134 Å². The Morgan fingerprint density at radius 1 is 1.18 bits per heavy atom. The second kappa shape index (κ2) is 8.48. The van der Waals surface area contributed by atoms with Gasteiger partial charge in [-0.2, -0.15) is 0 Å². The van der Waals surface area contributed by atoms with E-state index in [0.717, 1.165) is 31.9 Å². The molecule has 22 heavy (non-hydrogen) atoms. The third kappa shape index (κ3) is 5.93. The zero-order valence-electron chi connectivity index (χ0n) is 14.2. The van der Waals surface area contributed by atoms with Gasteiger partial charge in [-0.1, -0.05) is 12.1 Å². The second-order valence-electron chi connectivity index (χ2n) is 6.24. The van der Waals surface area contributed by atoms with Crippen molar-refractivity contribution in [3.8, 4) is 5.75 Å². The van der Waals surface area contributed by atoms with Gasteiger partial charge in [0.05, 0.1) is 12.2 Å². The summed E-state index contributed by atoms with van der Waals surface area (Å²) in [6.45, 7) is 8.73. The normalized spacial score (nSPS) is 23.0. The lowest BCUT2D eigenvalue weighted by Gasteiger charge is -2.35. The molecular formula is C17H29N3O2. The first kappa shape index (κ1) is 17.2. The van der Waals surface area contributed by atoms with Gasteiger partial charge < -0.3 is 9.47 Å². The molecule has 0 bridgehead atoms. The first-order chi connectivity index (χ1) is 10.5. The zero-order chi connectivity index (χ0) is 15.9. The minimum Gasteiger partial charge on any atom is -0.492 e. The van der Waals surface area contributed by atoms with Crippen LogP contribution in [0.2, 0.25) is 0 Å². The van der Waals surface area contributed by atoms with Gasteiger partial charge in [0.25, 0.3) is 0 Å². The van der Waals surface area contributed by atoms with Crippen molar-refractivity contribution in [3.63, 3.8) is 0 Å². The standard InChI is InChI=1S/C17H29N3O2/c1-14-12-20(13-15(2)22-14)9-10-21-17-7-5-16(6-8-17)11-18-19(3)4/h5-8,14-15,18H,9-13H2,1-4H3/t14-,15-/m0/s1. The average Bonchev–Trinajstić information content (AvgIpc) is 2.45. The molecule has 0 amide bonds. The fourth-order valence-electron chi connectivity index (χ4n) is 2.71. The molecule has 0 saturated carbocycles. The molecule has 1 aliphatic heterocycles. The Balaban J connectivity index is 1.70. The number of rotatable bonds is 7. The van der Waals surface area contributed by atoms with Crippen molar-refractivity contribution < 1.29 is 9.47 Å². The van der Waals surface area contributed by atoms with E-state index < -0.39 is 0 Å². The Hall–Kier alpha value is -1.14. The minimum absolute atomic E-state index is 0.312. The van der Waals surface area contributed by atoms with Crippen LogP contribution in [0.1, 0.15) is 19.4 Å². The molecule has 1 aliphatic rings. The van der Waals surface area contributed by atoms with Crippen LogP contribution in [-0.4, -0.2) is 62.5 Å². The summed E-state index contributed by atoms with van der Waals surface area (Å²) >= 11 is 0. The second-order valence-corrected chi connectivity index (χ2v) is 6.24. The summed E-state index contributed by atoms with van der Waals surface area (Å²) in [5, 5.41) is 1.95. The highest BCUT2D eigenvalue weighted by Gasteiger charge is 2.21. The van der Waals surface area contributed by atoms with Crippen LogP contribution in [0.5, 0.6) is 5.75 Å². The van der Waals surface area contributed by atoms with Gasteiger partial charge in [-0.05, 0) is 31.5 Å². The number of nitrogens with one attached hydrogen (secondary N) is 1. The van der Waals surface area contributed by atoms with Crippen molar-refractivity contribution in [3.05, 3.63) is 29.8 Å². The molecule has 1 N–H and O–H groups in total. The molecule has 0 aromatic heterocycles. The molecule has 1 aromatic carbocycles. The molecule has 1 saturated heterocycles. The van der Waals surface area contributed by atoms with Crippen LogP contribution in [-0.2, 0) is 11.3 Å². The predicted octanol–water partition coefficient (Wildman–Crippen LogP) is 1.74. The van der Waals surface area contributed by atoms with Crippen LogP contribution in [0.25, 0.3) is 0 Å². The van der Waals surface area contributed by atoms with Crippen LogP contribution in [0, 0.1) is 0 Å². The monoisotopic (exact) mass is 307 g/mol. The lowest BCUT2D eigenvalue weighted by molar-refractivity contribution is -0.0699. The third-order valence-corrected chi connectivity index (χ3v) is 3.69. The Morgan fingerprint density at radius 3 is 2.41 bits per heavy atom. The fourth-order valence-corrected chi connectivity index (χ4v) is 2.71. The van der Waals surface area contributed by atoms with Gasteiger partial charge in [0.2, 0.25) is 0 Å². The Morgan fingerprint density at radius 2 is 1.82 bits per heavy atom. The summed E-state index contributed by atoms with van der Waals surface area (Å²) in [7, 11) is 3.98. The smallest absolute Gasteiger partial charge is 0.119 e. The number of ether oxygens (including phenoxy) is 2. The van der Waals surface area contributed by atoms with Crippen molar-refractivity contribution in [1.82, 2.24) is 15.3 Å². The summed E-state index contributed by atoms with van der Waals surface area (Å²) in [6.07, 6.45) is 0.625. The van der Waals surface area contributed by atoms with E-state index in [9.17, 15) is 0 Å². The maximum absolute atomic E-state index is 5.85. The van der Waals surface area contributed by atoms with Crippen molar-refractivity contribution in [1.29, 1.82) is 0 Å². The zero-order valence-corrected chi connectivity index (χ0v) is 14.2. The molecule has 124 valence electrons. The average molecular weight is 307 g/mol. The fraction of sp³-hybridized carbons (Fsp3) is 0.647. The van der Waals surface area contributed by atoms with E-state index in [1.54, 1.807) is 0 Å². The van der Waals surface area contributed by atoms with Crippen LogP contribution < -0.4 is 10.2 Å². The number of morpholine rings is 1. The number of hydrogen-bond donors (Lipinski definition) is 1. The highest BCUT2D eigenvalue weighted by Crippen LogP contribution is 2.13. The van der Waals surface area contributed by atoms with Gasteiger partial charge in [0.1, 0.15) is 12.4 Å². The van der Waals surface area contributed by atoms with Crippen LogP contribution in [0.15, 0.2) is 24.3 Å². The van der Waals surface area contributed by atoms with Gasteiger partial charge in [-0.25, -0.2) is 0 Å². The van der Waals surface area contributed by atoms with E-state index in [1.807, 2.05) is 31.2 Å². The first-order valence-corrected chi connectivity index (χ1v) is 8.03. The Kier molecular flexibility index (Phi) is 6.64. The highest BCUT2D eigenvalue weighted by atomic mass is 16.5. The van der Waals surface area contributed by atoms with Crippen molar-refractivity contribution in [2.45, 2.75) is 32.6 Å².